The molecule has 0 aromatic heterocycles. The third-order valence-corrected chi connectivity index (χ3v) is 5.47. The normalized spacial score (nSPS) is 12.5. The number of nitrogens with zero attached hydrogens (tertiary/aromatic N) is 1. The lowest BCUT2D eigenvalue weighted by molar-refractivity contribution is -0.116. The molecule has 0 bridgehead atoms. The highest BCUT2D eigenvalue weighted by Crippen LogP contribution is 2.27. The van der Waals surface area contributed by atoms with E-state index < -0.39 is 22.0 Å². The van der Waals surface area contributed by atoms with Crippen molar-refractivity contribution in [3.8, 4) is 0 Å². The van der Waals surface area contributed by atoms with E-state index in [0.717, 1.165) is 16.1 Å². The van der Waals surface area contributed by atoms with Gasteiger partial charge in [-0.1, -0.05) is 35.3 Å². The molecular formula is C17H18Cl2N2O3S. The monoisotopic (exact) mass is 400 g/mol. The first-order valence-corrected chi connectivity index (χ1v) is 10.0. The summed E-state index contributed by atoms with van der Waals surface area (Å²) in [5.41, 5.74) is 1.63. The summed E-state index contributed by atoms with van der Waals surface area (Å²) in [5, 5.41) is 3.56. The van der Waals surface area contributed by atoms with Gasteiger partial charge in [-0.2, -0.15) is 0 Å². The number of benzene rings is 2. The molecule has 25 heavy (non-hydrogen) atoms. The van der Waals surface area contributed by atoms with Gasteiger partial charge in [-0.05, 0) is 49.7 Å². The van der Waals surface area contributed by atoms with Crippen molar-refractivity contribution in [2.24, 2.45) is 0 Å². The van der Waals surface area contributed by atoms with Crippen LogP contribution in [0.4, 0.5) is 11.4 Å². The van der Waals surface area contributed by atoms with E-state index in [1.54, 1.807) is 36.4 Å². The van der Waals surface area contributed by atoms with Gasteiger partial charge in [0.2, 0.25) is 15.9 Å². The summed E-state index contributed by atoms with van der Waals surface area (Å²) in [6.07, 6.45) is 1.05. The maximum absolute atomic E-state index is 12.5. The number of anilines is 2. The number of hydrogen-bond acceptors (Lipinski definition) is 3. The minimum atomic E-state index is -3.70. The summed E-state index contributed by atoms with van der Waals surface area (Å²) >= 11 is 12.0. The average Bonchev–Trinajstić information content (AvgIpc) is 2.49. The van der Waals surface area contributed by atoms with Gasteiger partial charge in [0.1, 0.15) is 6.04 Å². The zero-order chi connectivity index (χ0) is 18.8. The first kappa shape index (κ1) is 19.6. The van der Waals surface area contributed by atoms with Crippen molar-refractivity contribution in [3.05, 3.63) is 58.1 Å². The van der Waals surface area contributed by atoms with Gasteiger partial charge in [-0.15, -0.1) is 0 Å². The molecule has 1 atom stereocenters. The van der Waals surface area contributed by atoms with Gasteiger partial charge < -0.3 is 5.32 Å². The number of nitrogens with one attached hydrogen (secondary N) is 1. The fourth-order valence-corrected chi connectivity index (χ4v) is 3.87. The fourth-order valence-electron chi connectivity index (χ4n) is 2.34. The molecular weight excluding hydrogens is 383 g/mol. The van der Waals surface area contributed by atoms with Gasteiger partial charge in [0.15, 0.2) is 0 Å². The smallest absolute Gasteiger partial charge is 0.247 e. The molecule has 1 N–H and O–H groups in total. The molecule has 0 spiro atoms. The summed E-state index contributed by atoms with van der Waals surface area (Å²) in [6, 6.07) is 10.5. The minimum absolute atomic E-state index is 0.326. The summed E-state index contributed by atoms with van der Waals surface area (Å²) in [7, 11) is -3.70. The lowest BCUT2D eigenvalue weighted by atomic mass is 10.2. The number of sulfonamides is 1. The minimum Gasteiger partial charge on any atom is -0.324 e. The Bertz CT molecular complexity index is 901. The van der Waals surface area contributed by atoms with Gasteiger partial charge in [0, 0.05) is 15.7 Å². The van der Waals surface area contributed by atoms with Crippen LogP contribution in [0.3, 0.4) is 0 Å². The molecule has 2 aromatic carbocycles. The highest BCUT2D eigenvalue weighted by Gasteiger charge is 2.29. The van der Waals surface area contributed by atoms with E-state index in [2.05, 4.69) is 5.32 Å². The molecule has 0 aliphatic carbocycles. The predicted octanol–water partition coefficient (Wildman–Crippen LogP) is 4.10. The highest BCUT2D eigenvalue weighted by atomic mass is 35.5. The molecule has 0 aliphatic rings. The van der Waals surface area contributed by atoms with E-state index in [1.165, 1.54) is 13.0 Å². The molecule has 2 rings (SSSR count). The first-order valence-electron chi connectivity index (χ1n) is 7.41. The Balaban J connectivity index is 2.34. The standard InChI is InChI=1S/C17H18Cl2N2O3S/c1-11-7-8-15(10-16(11)19)21(25(3,23)24)12(2)17(22)20-14-6-4-5-13(18)9-14/h4-10,12H,1-3H3,(H,20,22). The fraction of sp³-hybridized carbons (Fsp3) is 0.235. The van der Waals surface area contributed by atoms with Gasteiger partial charge in [0.05, 0.1) is 11.9 Å². The van der Waals surface area contributed by atoms with E-state index in [4.69, 9.17) is 23.2 Å². The maximum Gasteiger partial charge on any atom is 0.247 e. The topological polar surface area (TPSA) is 66.5 Å². The van der Waals surface area contributed by atoms with Crippen LogP contribution in [0.5, 0.6) is 0 Å². The molecule has 1 amide bonds. The second kappa shape index (κ2) is 7.64. The van der Waals surface area contributed by atoms with Gasteiger partial charge in [0.25, 0.3) is 0 Å². The van der Waals surface area contributed by atoms with E-state index in [-0.39, 0.29) is 0 Å². The molecule has 0 fully saturated rings. The second-order valence-corrected chi connectivity index (χ2v) is 8.37. The van der Waals surface area contributed by atoms with Crippen LogP contribution in [0.2, 0.25) is 10.0 Å². The second-order valence-electron chi connectivity index (χ2n) is 5.67. The van der Waals surface area contributed by atoms with Crippen LogP contribution in [-0.4, -0.2) is 26.6 Å². The van der Waals surface area contributed by atoms with E-state index >= 15 is 0 Å². The predicted molar refractivity (Wildman–Crippen MR) is 103 cm³/mol. The number of halogens is 2. The zero-order valence-electron chi connectivity index (χ0n) is 14.0. The Labute approximate surface area is 157 Å². The highest BCUT2D eigenvalue weighted by molar-refractivity contribution is 7.92. The largest absolute Gasteiger partial charge is 0.324 e. The Morgan fingerprint density at radius 1 is 1.16 bits per heavy atom. The third kappa shape index (κ3) is 4.87. The molecule has 0 saturated carbocycles. The maximum atomic E-state index is 12.5. The first-order chi connectivity index (χ1) is 11.6. The van der Waals surface area contributed by atoms with Crippen molar-refractivity contribution < 1.29 is 13.2 Å². The van der Waals surface area contributed by atoms with Crippen LogP contribution < -0.4 is 9.62 Å². The number of carbonyl (C=O) groups is 1. The molecule has 0 aliphatic heterocycles. The van der Waals surface area contributed by atoms with E-state index in [0.29, 0.717) is 21.4 Å². The zero-order valence-corrected chi connectivity index (χ0v) is 16.3. The Kier molecular flexibility index (Phi) is 5.98. The summed E-state index contributed by atoms with van der Waals surface area (Å²) in [4.78, 5) is 12.5. The number of carbonyl (C=O) groups excluding carboxylic acids is 1. The SMILES string of the molecule is Cc1ccc(N(C(C)C(=O)Nc2cccc(Cl)c2)S(C)(=O)=O)cc1Cl. The van der Waals surface area contributed by atoms with Crippen LogP contribution >= 0.6 is 23.2 Å². The van der Waals surface area contributed by atoms with E-state index in [9.17, 15) is 13.2 Å². The quantitative estimate of drug-likeness (QED) is 0.821. The van der Waals surface area contributed by atoms with Crippen LogP contribution in [0, 0.1) is 6.92 Å². The van der Waals surface area contributed by atoms with Crippen LogP contribution in [0.25, 0.3) is 0 Å². The van der Waals surface area contributed by atoms with Crippen LogP contribution in [0.15, 0.2) is 42.5 Å². The molecule has 134 valence electrons. The number of aryl methyl sites for hydroxylation is 1. The number of hydrogen-bond donors (Lipinski definition) is 1. The van der Waals surface area contributed by atoms with Crippen molar-refractivity contribution in [2.45, 2.75) is 19.9 Å². The van der Waals surface area contributed by atoms with Gasteiger partial charge >= 0.3 is 0 Å². The summed E-state index contributed by atoms with van der Waals surface area (Å²) in [5.74, 6) is -0.482. The Morgan fingerprint density at radius 2 is 1.84 bits per heavy atom. The molecule has 0 radical (unpaired) electrons. The lowest BCUT2D eigenvalue weighted by Crippen LogP contribution is -2.45. The van der Waals surface area contributed by atoms with Crippen molar-refractivity contribution in [1.29, 1.82) is 0 Å². The van der Waals surface area contributed by atoms with Crippen molar-refractivity contribution in [3.63, 3.8) is 0 Å². The third-order valence-electron chi connectivity index (χ3n) is 3.59. The molecule has 1 unspecified atom stereocenters. The molecule has 2 aromatic rings. The molecule has 0 heterocycles. The molecule has 5 nitrogen and oxygen atoms in total. The van der Waals surface area contributed by atoms with Gasteiger partial charge in [-0.25, -0.2) is 8.42 Å². The number of rotatable bonds is 5. The lowest BCUT2D eigenvalue weighted by Gasteiger charge is -2.28. The van der Waals surface area contributed by atoms with Gasteiger partial charge in [-0.3, -0.25) is 9.10 Å². The van der Waals surface area contributed by atoms with Crippen LogP contribution in [-0.2, 0) is 14.8 Å². The Morgan fingerprint density at radius 3 is 2.40 bits per heavy atom. The average molecular weight is 401 g/mol. The van der Waals surface area contributed by atoms with Crippen molar-refractivity contribution in [2.75, 3.05) is 15.9 Å². The molecule has 8 heteroatoms. The van der Waals surface area contributed by atoms with Crippen molar-refractivity contribution >= 4 is 50.5 Å². The Hall–Kier alpha value is -1.76. The summed E-state index contributed by atoms with van der Waals surface area (Å²) in [6.45, 7) is 3.32. The van der Waals surface area contributed by atoms with Crippen molar-refractivity contribution in [1.82, 2.24) is 0 Å². The van der Waals surface area contributed by atoms with Crippen LogP contribution in [0.1, 0.15) is 12.5 Å². The summed E-state index contributed by atoms with van der Waals surface area (Å²) < 4.78 is 25.6. The molecule has 0 saturated heterocycles. The number of amides is 1. The van der Waals surface area contributed by atoms with E-state index in [1.807, 2.05) is 6.92 Å².